The van der Waals surface area contributed by atoms with E-state index in [1.807, 2.05) is 0 Å². The molecule has 1 saturated heterocycles. The van der Waals surface area contributed by atoms with Gasteiger partial charge < -0.3 is 9.84 Å². The zero-order chi connectivity index (χ0) is 14.8. The second kappa shape index (κ2) is 4.34. The van der Waals surface area contributed by atoms with Crippen molar-refractivity contribution in [1.82, 2.24) is 0 Å². The number of ether oxygens (including phenoxy) is 1. The molecule has 3 nitrogen and oxygen atoms in total. The molecule has 3 heteroatoms. The molecule has 3 unspecified atom stereocenters. The maximum absolute atomic E-state index is 11.6. The summed E-state index contributed by atoms with van der Waals surface area (Å²) in [5.74, 6) is 2.80. The molecule has 116 valence electrons. The van der Waals surface area contributed by atoms with Gasteiger partial charge in [-0.05, 0) is 67.8 Å². The Hall–Kier alpha value is -0.830. The van der Waals surface area contributed by atoms with Crippen molar-refractivity contribution < 1.29 is 14.6 Å². The predicted molar refractivity (Wildman–Crippen MR) is 79.2 cm³/mol. The van der Waals surface area contributed by atoms with E-state index in [1.54, 1.807) is 0 Å². The normalized spacial score (nSPS) is 52.3. The van der Waals surface area contributed by atoms with Gasteiger partial charge in [0, 0.05) is 11.8 Å². The average Bonchev–Trinajstić information content (AvgIpc) is 2.76. The molecule has 1 heterocycles. The van der Waals surface area contributed by atoms with Crippen LogP contribution in [0.1, 0.15) is 58.8 Å². The molecule has 6 atom stereocenters. The summed E-state index contributed by atoms with van der Waals surface area (Å²) in [6, 6.07) is 0. The van der Waals surface area contributed by atoms with Crippen LogP contribution in [0, 0.1) is 28.6 Å². The van der Waals surface area contributed by atoms with Gasteiger partial charge in [0.25, 0.3) is 0 Å². The molecule has 2 saturated carbocycles. The molecule has 0 bridgehead atoms. The van der Waals surface area contributed by atoms with Crippen LogP contribution in [0.5, 0.6) is 0 Å². The molecule has 0 aromatic rings. The van der Waals surface area contributed by atoms with E-state index in [0.29, 0.717) is 24.2 Å². The Morgan fingerprint density at radius 2 is 2.00 bits per heavy atom. The van der Waals surface area contributed by atoms with Gasteiger partial charge in [-0.3, -0.25) is 4.79 Å². The van der Waals surface area contributed by atoms with Gasteiger partial charge in [0.15, 0.2) is 0 Å². The number of aliphatic hydroxyl groups is 1. The first-order valence-corrected chi connectivity index (χ1v) is 8.54. The number of carbonyl (C=O) groups excluding carboxylic acids is 1. The molecule has 0 aromatic carbocycles. The van der Waals surface area contributed by atoms with E-state index in [1.165, 1.54) is 6.42 Å². The SMILES string of the molecule is C[C@]12CCC(=O)OC1=CCC1C2CC[C@@]2(C)C1CC[C@@H]2O. The number of aliphatic hydroxyl groups excluding tert-OH is 1. The Balaban J connectivity index is 1.69. The molecular weight excluding hydrogens is 264 g/mol. The standard InChI is InChI=1S/C18H26O3/c1-17-9-7-13-11(12(17)4-5-14(17)19)3-6-15-18(13,2)10-8-16(20)21-15/h6,11-14,19H,3-5,7-10H2,1-2H3/t11?,12?,13?,14-,17-,18+/m0/s1. The molecule has 4 aliphatic rings. The molecule has 0 aromatic heterocycles. The highest BCUT2D eigenvalue weighted by Crippen LogP contribution is 2.64. The summed E-state index contributed by atoms with van der Waals surface area (Å²) in [7, 11) is 0. The number of esters is 1. The Morgan fingerprint density at radius 3 is 2.81 bits per heavy atom. The maximum atomic E-state index is 11.6. The minimum atomic E-state index is -0.120. The van der Waals surface area contributed by atoms with Crippen LogP contribution in [0.3, 0.4) is 0 Å². The van der Waals surface area contributed by atoms with Crippen LogP contribution in [0.25, 0.3) is 0 Å². The van der Waals surface area contributed by atoms with Gasteiger partial charge in [-0.2, -0.15) is 0 Å². The van der Waals surface area contributed by atoms with Crippen molar-refractivity contribution in [2.24, 2.45) is 28.6 Å². The molecular formula is C18H26O3. The monoisotopic (exact) mass is 290 g/mol. The number of hydrogen-bond donors (Lipinski definition) is 1. The maximum Gasteiger partial charge on any atom is 0.310 e. The smallest absolute Gasteiger partial charge is 0.310 e. The molecule has 1 N–H and O–H groups in total. The van der Waals surface area contributed by atoms with Crippen LogP contribution in [0.15, 0.2) is 11.8 Å². The summed E-state index contributed by atoms with van der Waals surface area (Å²) in [6.07, 6.45) is 9.00. The predicted octanol–water partition coefficient (Wildman–Crippen LogP) is 3.42. The lowest BCUT2D eigenvalue weighted by Gasteiger charge is -2.56. The fourth-order valence-electron chi connectivity index (χ4n) is 6.04. The molecule has 3 fully saturated rings. The lowest BCUT2D eigenvalue weighted by molar-refractivity contribution is -0.152. The summed E-state index contributed by atoms with van der Waals surface area (Å²) in [5, 5.41) is 10.4. The van der Waals surface area contributed by atoms with Gasteiger partial charge in [0.2, 0.25) is 0 Å². The third kappa shape index (κ3) is 1.73. The van der Waals surface area contributed by atoms with Crippen LogP contribution >= 0.6 is 0 Å². The van der Waals surface area contributed by atoms with Crippen molar-refractivity contribution in [3.63, 3.8) is 0 Å². The van der Waals surface area contributed by atoms with E-state index in [-0.39, 0.29) is 22.9 Å². The number of fused-ring (bicyclic) bond motifs is 5. The number of rotatable bonds is 0. The van der Waals surface area contributed by atoms with Gasteiger partial charge in [-0.25, -0.2) is 0 Å². The van der Waals surface area contributed by atoms with Crippen molar-refractivity contribution in [3.05, 3.63) is 11.8 Å². The van der Waals surface area contributed by atoms with Gasteiger partial charge in [-0.15, -0.1) is 0 Å². The first kappa shape index (κ1) is 13.8. The van der Waals surface area contributed by atoms with Crippen molar-refractivity contribution in [2.45, 2.75) is 64.9 Å². The quantitative estimate of drug-likeness (QED) is 0.695. The van der Waals surface area contributed by atoms with E-state index in [0.717, 1.165) is 37.9 Å². The zero-order valence-corrected chi connectivity index (χ0v) is 13.1. The van der Waals surface area contributed by atoms with Crippen LogP contribution in [0.2, 0.25) is 0 Å². The number of hydrogen-bond acceptors (Lipinski definition) is 3. The minimum absolute atomic E-state index is 0.0473. The van der Waals surface area contributed by atoms with Crippen molar-refractivity contribution in [2.75, 3.05) is 0 Å². The average molecular weight is 290 g/mol. The van der Waals surface area contributed by atoms with E-state index in [9.17, 15) is 9.90 Å². The van der Waals surface area contributed by atoms with Crippen LogP contribution in [-0.2, 0) is 9.53 Å². The van der Waals surface area contributed by atoms with Crippen LogP contribution in [-0.4, -0.2) is 17.2 Å². The summed E-state index contributed by atoms with van der Waals surface area (Å²) in [5.41, 5.74) is 0.167. The van der Waals surface area contributed by atoms with Crippen LogP contribution < -0.4 is 0 Å². The van der Waals surface area contributed by atoms with E-state index >= 15 is 0 Å². The van der Waals surface area contributed by atoms with Gasteiger partial charge in [0.05, 0.1) is 6.10 Å². The van der Waals surface area contributed by atoms with Crippen molar-refractivity contribution in [3.8, 4) is 0 Å². The molecule has 1 aliphatic heterocycles. The van der Waals surface area contributed by atoms with E-state index < -0.39 is 0 Å². The number of carbonyl (C=O) groups is 1. The molecule has 4 rings (SSSR count). The Morgan fingerprint density at radius 1 is 1.19 bits per heavy atom. The van der Waals surface area contributed by atoms with Crippen LogP contribution in [0.4, 0.5) is 0 Å². The summed E-state index contributed by atoms with van der Waals surface area (Å²) >= 11 is 0. The van der Waals surface area contributed by atoms with Crippen molar-refractivity contribution >= 4 is 5.97 Å². The highest BCUT2D eigenvalue weighted by atomic mass is 16.5. The Labute approximate surface area is 126 Å². The van der Waals surface area contributed by atoms with E-state index in [4.69, 9.17) is 4.74 Å². The second-order valence-corrected chi connectivity index (χ2v) is 8.21. The highest BCUT2D eigenvalue weighted by Gasteiger charge is 2.59. The fraction of sp³-hybridized carbons (Fsp3) is 0.833. The zero-order valence-electron chi connectivity index (χ0n) is 13.1. The molecule has 0 amide bonds. The molecule has 21 heavy (non-hydrogen) atoms. The van der Waals surface area contributed by atoms with Gasteiger partial charge >= 0.3 is 5.97 Å². The molecule has 0 spiro atoms. The van der Waals surface area contributed by atoms with E-state index in [2.05, 4.69) is 19.9 Å². The number of allylic oxidation sites excluding steroid dienone is 2. The fourth-order valence-corrected chi connectivity index (χ4v) is 6.04. The van der Waals surface area contributed by atoms with Crippen molar-refractivity contribution in [1.29, 1.82) is 0 Å². The molecule has 0 radical (unpaired) electrons. The second-order valence-electron chi connectivity index (χ2n) is 8.21. The third-order valence-electron chi connectivity index (χ3n) is 7.42. The first-order valence-electron chi connectivity index (χ1n) is 8.54. The lowest BCUT2D eigenvalue weighted by atomic mass is 9.50. The lowest BCUT2D eigenvalue weighted by Crippen LogP contribution is -2.51. The minimum Gasteiger partial charge on any atom is -0.431 e. The van der Waals surface area contributed by atoms with Gasteiger partial charge in [0.1, 0.15) is 5.76 Å². The summed E-state index contributed by atoms with van der Waals surface area (Å²) in [4.78, 5) is 11.6. The third-order valence-corrected chi connectivity index (χ3v) is 7.42. The largest absolute Gasteiger partial charge is 0.431 e. The first-order chi connectivity index (χ1) is 9.95. The van der Waals surface area contributed by atoms with Gasteiger partial charge in [-0.1, -0.05) is 13.8 Å². The topological polar surface area (TPSA) is 46.5 Å². The summed E-state index contributed by atoms with van der Waals surface area (Å²) in [6.45, 7) is 4.60. The highest BCUT2D eigenvalue weighted by molar-refractivity contribution is 5.72. The Kier molecular flexibility index (Phi) is 2.86. The Bertz CT molecular complexity index is 511. The molecule has 3 aliphatic carbocycles. The summed E-state index contributed by atoms with van der Waals surface area (Å²) < 4.78 is 5.57.